The Bertz CT molecular complexity index is 1300. The fourth-order valence-electron chi connectivity index (χ4n) is 4.23. The molecule has 0 spiro atoms. The second kappa shape index (κ2) is 8.34. The van der Waals surface area contributed by atoms with Crippen molar-refractivity contribution in [3.05, 3.63) is 100 Å². The minimum absolute atomic E-state index is 0.0435. The lowest BCUT2D eigenvalue weighted by molar-refractivity contribution is 0.0746. The Kier molecular flexibility index (Phi) is 5.23. The summed E-state index contributed by atoms with van der Waals surface area (Å²) in [6.45, 7) is 2.77. The van der Waals surface area contributed by atoms with Gasteiger partial charge in [-0.3, -0.25) is 9.59 Å². The fraction of sp³-hybridized carbons (Fsp3) is 0.200. The van der Waals surface area contributed by atoms with Crippen molar-refractivity contribution in [1.29, 1.82) is 0 Å². The van der Waals surface area contributed by atoms with Crippen LogP contribution < -0.4 is 10.5 Å². The summed E-state index contributed by atoms with van der Waals surface area (Å²) in [5, 5.41) is 0.976. The van der Waals surface area contributed by atoms with E-state index in [1.165, 1.54) is 24.7 Å². The Balaban J connectivity index is 1.42. The third kappa shape index (κ3) is 3.77. The molecule has 5 rings (SSSR count). The smallest absolute Gasteiger partial charge is 0.257 e. The molecule has 1 aliphatic rings. The van der Waals surface area contributed by atoms with Crippen LogP contribution in [-0.2, 0) is 6.54 Å². The van der Waals surface area contributed by atoms with Gasteiger partial charge in [0.2, 0.25) is 0 Å². The van der Waals surface area contributed by atoms with Crippen molar-refractivity contribution in [2.75, 3.05) is 31.1 Å². The molecule has 0 aliphatic carbocycles. The van der Waals surface area contributed by atoms with E-state index in [2.05, 4.69) is 4.90 Å². The van der Waals surface area contributed by atoms with E-state index in [-0.39, 0.29) is 17.3 Å². The third-order valence-electron chi connectivity index (χ3n) is 5.93. The van der Waals surface area contributed by atoms with Crippen molar-refractivity contribution in [3.63, 3.8) is 0 Å². The number of aromatic nitrogens is 1. The van der Waals surface area contributed by atoms with Gasteiger partial charge in [-0.2, -0.15) is 0 Å². The molecule has 3 heterocycles. The summed E-state index contributed by atoms with van der Waals surface area (Å²) in [5.41, 5.74) is 3.00. The number of anilines is 1. The molecule has 1 saturated heterocycles. The second-order valence-corrected chi connectivity index (χ2v) is 7.89. The van der Waals surface area contributed by atoms with E-state index in [1.54, 1.807) is 33.7 Å². The van der Waals surface area contributed by atoms with E-state index in [0.29, 0.717) is 38.3 Å². The molecule has 0 saturated carbocycles. The number of nitrogens with zero attached hydrogens (tertiary/aromatic N) is 3. The molecule has 0 unspecified atom stereocenters. The lowest BCUT2D eigenvalue weighted by atomic mass is 10.1. The van der Waals surface area contributed by atoms with Crippen molar-refractivity contribution >= 4 is 22.5 Å². The molecule has 162 valence electrons. The maximum Gasteiger partial charge on any atom is 0.257 e. The highest BCUT2D eigenvalue weighted by Gasteiger charge is 2.24. The summed E-state index contributed by atoms with van der Waals surface area (Å²) in [6.07, 6.45) is 2.96. The molecule has 0 radical (unpaired) electrons. The molecule has 1 fully saturated rings. The zero-order valence-corrected chi connectivity index (χ0v) is 17.4. The van der Waals surface area contributed by atoms with Crippen LogP contribution in [0.25, 0.3) is 10.9 Å². The van der Waals surface area contributed by atoms with Crippen LogP contribution >= 0.6 is 0 Å². The Morgan fingerprint density at radius 3 is 2.44 bits per heavy atom. The largest absolute Gasteiger partial charge is 0.472 e. The van der Waals surface area contributed by atoms with Crippen LogP contribution in [0.2, 0.25) is 0 Å². The number of pyridine rings is 1. The number of carbonyl (C=O) groups is 1. The van der Waals surface area contributed by atoms with Gasteiger partial charge in [-0.1, -0.05) is 30.3 Å². The highest BCUT2D eigenvalue weighted by molar-refractivity contribution is 5.94. The van der Waals surface area contributed by atoms with Crippen LogP contribution in [0.1, 0.15) is 15.9 Å². The van der Waals surface area contributed by atoms with Gasteiger partial charge in [0.1, 0.15) is 12.1 Å². The molecular weight excluding hydrogens is 409 g/mol. The van der Waals surface area contributed by atoms with Gasteiger partial charge in [0.15, 0.2) is 0 Å². The summed E-state index contributed by atoms with van der Waals surface area (Å²) in [7, 11) is 0. The Hall–Kier alpha value is -3.87. The first-order chi connectivity index (χ1) is 15.6. The normalized spacial score (nSPS) is 14.2. The Morgan fingerprint density at radius 1 is 0.969 bits per heavy atom. The maximum atomic E-state index is 13.3. The minimum Gasteiger partial charge on any atom is -0.472 e. The molecule has 4 aromatic rings. The number of furan rings is 1. The highest BCUT2D eigenvalue weighted by atomic mass is 19.1. The molecule has 6 nitrogen and oxygen atoms in total. The van der Waals surface area contributed by atoms with E-state index < -0.39 is 0 Å². The monoisotopic (exact) mass is 431 g/mol. The topological polar surface area (TPSA) is 58.7 Å². The van der Waals surface area contributed by atoms with Crippen molar-refractivity contribution in [3.8, 4) is 0 Å². The van der Waals surface area contributed by atoms with E-state index in [4.69, 9.17) is 4.42 Å². The predicted molar refractivity (Wildman–Crippen MR) is 121 cm³/mol. The maximum absolute atomic E-state index is 13.3. The van der Waals surface area contributed by atoms with E-state index in [9.17, 15) is 14.0 Å². The van der Waals surface area contributed by atoms with E-state index >= 15 is 0 Å². The standard InChI is InChI=1S/C25H22FN3O3/c26-20-7-5-18(6-8-20)16-29-22-4-2-1-3-21(22)23(15-24(29)30)27-10-12-28(13-11-27)25(31)19-9-14-32-17-19/h1-9,14-15,17H,10-13,16H2. The van der Waals surface area contributed by atoms with Gasteiger partial charge in [-0.15, -0.1) is 0 Å². The zero-order chi connectivity index (χ0) is 22.1. The highest BCUT2D eigenvalue weighted by Crippen LogP contribution is 2.27. The first-order valence-electron chi connectivity index (χ1n) is 10.5. The van der Waals surface area contributed by atoms with Gasteiger partial charge >= 0.3 is 0 Å². The van der Waals surface area contributed by atoms with E-state index in [0.717, 1.165) is 22.2 Å². The van der Waals surface area contributed by atoms with Crippen LogP contribution in [0.3, 0.4) is 0 Å². The molecular formula is C25H22FN3O3. The first kappa shape index (κ1) is 20.1. The van der Waals surface area contributed by atoms with Crippen molar-refractivity contribution < 1.29 is 13.6 Å². The van der Waals surface area contributed by atoms with Crippen LogP contribution in [0.4, 0.5) is 10.1 Å². The quantitative estimate of drug-likeness (QED) is 0.494. The zero-order valence-electron chi connectivity index (χ0n) is 17.4. The molecule has 0 atom stereocenters. The molecule has 2 aromatic heterocycles. The first-order valence-corrected chi connectivity index (χ1v) is 10.5. The molecule has 1 amide bonds. The van der Waals surface area contributed by atoms with Crippen LogP contribution in [0, 0.1) is 5.82 Å². The van der Waals surface area contributed by atoms with Crippen LogP contribution in [-0.4, -0.2) is 41.6 Å². The Labute approximate surface area is 184 Å². The summed E-state index contributed by atoms with van der Waals surface area (Å²) >= 11 is 0. The number of halogens is 1. The summed E-state index contributed by atoms with van der Waals surface area (Å²) in [6, 6.07) is 17.3. The van der Waals surface area contributed by atoms with Crippen molar-refractivity contribution in [2.45, 2.75) is 6.54 Å². The lowest BCUT2D eigenvalue weighted by Gasteiger charge is -2.36. The van der Waals surface area contributed by atoms with Crippen LogP contribution in [0.5, 0.6) is 0 Å². The molecule has 0 bridgehead atoms. The molecule has 7 heteroatoms. The van der Waals surface area contributed by atoms with Gasteiger partial charge < -0.3 is 18.8 Å². The summed E-state index contributed by atoms with van der Waals surface area (Å²) < 4.78 is 20.0. The minimum atomic E-state index is -0.299. The average molecular weight is 431 g/mol. The van der Waals surface area contributed by atoms with Crippen LogP contribution in [0.15, 0.2) is 82.4 Å². The number of hydrogen-bond acceptors (Lipinski definition) is 4. The van der Waals surface area contributed by atoms with Crippen molar-refractivity contribution in [2.24, 2.45) is 0 Å². The van der Waals surface area contributed by atoms with Gasteiger partial charge in [0, 0.05) is 37.6 Å². The number of amides is 1. The predicted octanol–water partition coefficient (Wildman–Crippen LogP) is 3.74. The third-order valence-corrected chi connectivity index (χ3v) is 5.93. The number of fused-ring (bicyclic) bond motifs is 1. The molecule has 0 N–H and O–H groups in total. The van der Waals surface area contributed by atoms with Gasteiger partial charge in [0.05, 0.1) is 29.6 Å². The number of hydrogen-bond donors (Lipinski definition) is 0. The van der Waals surface area contributed by atoms with Gasteiger partial charge in [-0.25, -0.2) is 4.39 Å². The lowest BCUT2D eigenvalue weighted by Crippen LogP contribution is -2.49. The SMILES string of the molecule is O=C(c1ccoc1)N1CCN(c2cc(=O)n(Cc3ccc(F)cc3)c3ccccc23)CC1. The molecule has 2 aromatic carbocycles. The van der Waals surface area contributed by atoms with E-state index in [1.807, 2.05) is 24.3 Å². The van der Waals surface area contributed by atoms with Gasteiger partial charge in [-0.05, 0) is 29.8 Å². The molecule has 32 heavy (non-hydrogen) atoms. The molecule has 1 aliphatic heterocycles. The number of piperazine rings is 1. The fourth-order valence-corrected chi connectivity index (χ4v) is 4.23. The number of para-hydroxylation sites is 1. The van der Waals surface area contributed by atoms with Gasteiger partial charge in [0.25, 0.3) is 11.5 Å². The summed E-state index contributed by atoms with van der Waals surface area (Å²) in [4.78, 5) is 29.6. The number of carbonyl (C=O) groups excluding carboxylic acids is 1. The number of rotatable bonds is 4. The second-order valence-electron chi connectivity index (χ2n) is 7.89. The number of benzene rings is 2. The van der Waals surface area contributed by atoms with Crippen molar-refractivity contribution in [1.82, 2.24) is 9.47 Å². The summed E-state index contributed by atoms with van der Waals surface area (Å²) in [5.74, 6) is -0.343. The Morgan fingerprint density at radius 2 is 1.72 bits per heavy atom. The average Bonchev–Trinajstić information content (AvgIpc) is 3.37.